The van der Waals surface area contributed by atoms with Crippen molar-refractivity contribution < 1.29 is 0 Å². The van der Waals surface area contributed by atoms with Crippen molar-refractivity contribution >= 4 is 22.8 Å². The van der Waals surface area contributed by atoms with Crippen LogP contribution in [-0.4, -0.2) is 12.0 Å². The van der Waals surface area contributed by atoms with Crippen LogP contribution < -0.4 is 5.32 Å². The van der Waals surface area contributed by atoms with Crippen molar-refractivity contribution in [3.8, 4) is 0 Å². The smallest absolute Gasteiger partial charge is 0.0795 e. The van der Waals surface area contributed by atoms with Crippen LogP contribution in [0.4, 0.5) is 0 Å². The fourth-order valence-corrected chi connectivity index (χ4v) is 2.52. The fourth-order valence-electron chi connectivity index (χ4n) is 2.35. The zero-order valence-corrected chi connectivity index (χ0v) is 17.3. The Morgan fingerprint density at radius 1 is 1.08 bits per heavy atom. The number of hydrogen-bond donors (Lipinski definition) is 1. The number of allylic oxidation sites excluding steroid dienone is 1. The molecule has 0 spiro atoms. The van der Waals surface area contributed by atoms with Gasteiger partial charge in [-0.05, 0) is 54.5 Å². The zero-order valence-electron chi connectivity index (χ0n) is 16.4. The number of thiocarbonyl (C=S) groups is 1. The Hall–Kier alpha value is -1.93. The second kappa shape index (κ2) is 10.1. The lowest BCUT2D eigenvalue weighted by molar-refractivity contribution is 0.866. The third kappa shape index (κ3) is 7.23. The van der Waals surface area contributed by atoms with E-state index in [1.54, 1.807) is 0 Å². The molecule has 0 bridgehead atoms. The highest BCUT2D eigenvalue weighted by Crippen LogP contribution is 2.19. The number of aryl methyl sites for hydroxylation is 2. The van der Waals surface area contributed by atoms with Gasteiger partial charge in [-0.3, -0.25) is 0 Å². The van der Waals surface area contributed by atoms with E-state index in [1.807, 2.05) is 14.0 Å². The second-order valence-electron chi connectivity index (χ2n) is 6.83. The van der Waals surface area contributed by atoms with Crippen LogP contribution in [0.1, 0.15) is 54.5 Å². The number of nitrogens with one attached hydrogen (secondary N) is 1. The molecule has 0 radical (unpaired) electrons. The summed E-state index contributed by atoms with van der Waals surface area (Å²) < 4.78 is 0. The first-order valence-corrected chi connectivity index (χ1v) is 9.18. The Bertz CT molecular complexity index is 729. The van der Waals surface area contributed by atoms with Gasteiger partial charge >= 0.3 is 0 Å². The molecule has 0 fully saturated rings. The molecule has 0 aliphatic carbocycles. The van der Waals surface area contributed by atoms with Gasteiger partial charge in [0.05, 0.1) is 4.99 Å². The Morgan fingerprint density at radius 3 is 2.28 bits per heavy atom. The zero-order chi connectivity index (χ0) is 19.0. The minimum atomic E-state index is 0.601. The van der Waals surface area contributed by atoms with Crippen LogP contribution in [0.5, 0.6) is 0 Å². The summed E-state index contributed by atoms with van der Waals surface area (Å²) in [5, 5.41) is 2.98. The summed E-state index contributed by atoms with van der Waals surface area (Å²) in [6.07, 6.45) is 0.840. The van der Waals surface area contributed by atoms with E-state index in [4.69, 9.17) is 12.2 Å². The van der Waals surface area contributed by atoms with Crippen molar-refractivity contribution in [1.82, 2.24) is 5.32 Å². The maximum absolute atomic E-state index is 5.10. The molecule has 1 N–H and O–H groups in total. The second-order valence-corrected chi connectivity index (χ2v) is 7.32. The maximum Gasteiger partial charge on any atom is 0.0795 e. The molecule has 0 heterocycles. The lowest BCUT2D eigenvalue weighted by Crippen LogP contribution is -2.17. The van der Waals surface area contributed by atoms with E-state index in [0.717, 1.165) is 17.0 Å². The quantitative estimate of drug-likeness (QED) is 0.653. The molecule has 0 saturated heterocycles. The number of hydrogen-bond acceptors (Lipinski definition) is 1. The van der Waals surface area contributed by atoms with E-state index in [0.29, 0.717) is 5.92 Å². The first kappa shape index (κ1) is 21.1. The van der Waals surface area contributed by atoms with Gasteiger partial charge in [0.25, 0.3) is 0 Å². The van der Waals surface area contributed by atoms with E-state index in [1.165, 1.54) is 27.8 Å². The highest BCUT2D eigenvalue weighted by molar-refractivity contribution is 7.80. The minimum absolute atomic E-state index is 0.601. The van der Waals surface area contributed by atoms with Gasteiger partial charge in [0, 0.05) is 13.5 Å². The van der Waals surface area contributed by atoms with Gasteiger partial charge in [-0.25, -0.2) is 0 Å². The van der Waals surface area contributed by atoms with Crippen LogP contribution >= 0.6 is 12.2 Å². The highest BCUT2D eigenvalue weighted by Gasteiger charge is 2.00. The summed E-state index contributed by atoms with van der Waals surface area (Å²) in [6, 6.07) is 15.0. The first-order chi connectivity index (χ1) is 11.7. The Labute approximate surface area is 159 Å². The average Bonchev–Trinajstić information content (AvgIpc) is 2.58. The molecule has 2 heteroatoms. The van der Waals surface area contributed by atoms with E-state index in [-0.39, 0.29) is 0 Å². The molecule has 2 aromatic rings. The summed E-state index contributed by atoms with van der Waals surface area (Å²) in [5.74, 6) is 0.601. The lowest BCUT2D eigenvalue weighted by atomic mass is 9.99. The van der Waals surface area contributed by atoms with Crippen molar-refractivity contribution in [1.29, 1.82) is 0 Å². The minimum Gasteiger partial charge on any atom is -0.382 e. The molecule has 2 aromatic carbocycles. The van der Waals surface area contributed by atoms with Gasteiger partial charge < -0.3 is 5.32 Å². The summed E-state index contributed by atoms with van der Waals surface area (Å²) in [5.41, 5.74) is 7.71. The number of benzene rings is 2. The molecule has 0 atom stereocenters. The maximum atomic E-state index is 5.10. The van der Waals surface area contributed by atoms with Crippen LogP contribution in [0.3, 0.4) is 0 Å². The normalized spacial score (nSPS) is 10.0. The third-order valence-corrected chi connectivity index (χ3v) is 4.61. The molecule has 134 valence electrons. The van der Waals surface area contributed by atoms with Crippen molar-refractivity contribution in [2.75, 3.05) is 7.05 Å². The average molecular weight is 354 g/mol. The van der Waals surface area contributed by atoms with E-state index < -0.39 is 0 Å². The van der Waals surface area contributed by atoms with Crippen LogP contribution in [0.2, 0.25) is 0 Å². The molecule has 0 aliphatic heterocycles. The van der Waals surface area contributed by atoms with Crippen molar-refractivity contribution in [3.63, 3.8) is 0 Å². The van der Waals surface area contributed by atoms with Crippen molar-refractivity contribution in [2.24, 2.45) is 0 Å². The lowest BCUT2D eigenvalue weighted by Gasteiger charge is -2.07. The fraction of sp³-hybridized carbons (Fsp3) is 0.348. The standard InChI is InChI=1S/C12H16.C11H15NS/c1-9(2)11-6-5-7-12(8-11)10(3)4;1-8-4-5-10(6-9(8)2)7-11(13)12-3/h5-8,10H,1H2,2-4H3;4-6H,7H2,1-3H3,(H,12,13). The molecule has 2 rings (SSSR count). The molecule has 0 amide bonds. The van der Waals surface area contributed by atoms with Gasteiger partial charge in [-0.1, -0.05) is 80.7 Å². The SMILES string of the molecule is C=C(C)c1cccc(C(C)C)c1.CNC(=S)Cc1ccc(C)c(C)c1. The molecule has 0 unspecified atom stereocenters. The van der Waals surface area contributed by atoms with Gasteiger partial charge in [-0.2, -0.15) is 0 Å². The first-order valence-electron chi connectivity index (χ1n) is 8.77. The molecular weight excluding hydrogens is 322 g/mol. The molecule has 1 nitrogen and oxygen atoms in total. The summed E-state index contributed by atoms with van der Waals surface area (Å²) in [4.78, 5) is 0.892. The van der Waals surface area contributed by atoms with E-state index in [9.17, 15) is 0 Å². The Kier molecular flexibility index (Phi) is 8.57. The number of likely N-dealkylation sites (N-methyl/N-ethyl adjacent to an activating group) is 1. The predicted molar refractivity (Wildman–Crippen MR) is 117 cm³/mol. The van der Waals surface area contributed by atoms with Gasteiger partial charge in [0.15, 0.2) is 0 Å². The Balaban J connectivity index is 0.000000251. The molecule has 25 heavy (non-hydrogen) atoms. The molecular formula is C23H31NS. The van der Waals surface area contributed by atoms with Crippen LogP contribution in [0.25, 0.3) is 5.57 Å². The van der Waals surface area contributed by atoms with Gasteiger partial charge in [-0.15, -0.1) is 0 Å². The van der Waals surface area contributed by atoms with Crippen molar-refractivity contribution in [3.05, 3.63) is 76.9 Å². The van der Waals surface area contributed by atoms with Gasteiger partial charge in [0.1, 0.15) is 0 Å². The topological polar surface area (TPSA) is 12.0 Å². The predicted octanol–water partition coefficient (Wildman–Crippen LogP) is 6.24. The number of rotatable bonds is 4. The highest BCUT2D eigenvalue weighted by atomic mass is 32.1. The molecule has 0 saturated carbocycles. The largest absolute Gasteiger partial charge is 0.382 e. The summed E-state index contributed by atoms with van der Waals surface area (Å²) in [7, 11) is 1.86. The third-order valence-electron chi connectivity index (χ3n) is 4.26. The van der Waals surface area contributed by atoms with E-state index >= 15 is 0 Å². The van der Waals surface area contributed by atoms with Crippen LogP contribution in [0.15, 0.2) is 49.0 Å². The van der Waals surface area contributed by atoms with Crippen LogP contribution in [-0.2, 0) is 6.42 Å². The summed E-state index contributed by atoms with van der Waals surface area (Å²) >= 11 is 5.10. The Morgan fingerprint density at radius 2 is 1.76 bits per heavy atom. The van der Waals surface area contributed by atoms with Gasteiger partial charge in [0.2, 0.25) is 0 Å². The molecule has 0 aliphatic rings. The van der Waals surface area contributed by atoms with Crippen LogP contribution in [0, 0.1) is 13.8 Å². The van der Waals surface area contributed by atoms with E-state index in [2.05, 4.69) is 82.1 Å². The summed E-state index contributed by atoms with van der Waals surface area (Å²) in [6.45, 7) is 14.6. The molecule has 0 aromatic heterocycles. The van der Waals surface area contributed by atoms with Crippen molar-refractivity contribution in [2.45, 2.75) is 47.0 Å². The monoisotopic (exact) mass is 353 g/mol.